The molecule has 56 valence electrons. The summed E-state index contributed by atoms with van der Waals surface area (Å²) in [6, 6.07) is 0. The zero-order chi connectivity index (χ0) is 7.11. The van der Waals surface area contributed by atoms with E-state index in [2.05, 4.69) is 29.5 Å². The van der Waals surface area contributed by atoms with E-state index in [9.17, 15) is 0 Å². The topological polar surface area (TPSA) is 20.2 Å². The van der Waals surface area contributed by atoms with Crippen LogP contribution in [0.3, 0.4) is 0 Å². The van der Waals surface area contributed by atoms with Gasteiger partial charge in [-0.15, -0.1) is 0 Å². The van der Waals surface area contributed by atoms with E-state index < -0.39 is 0 Å². The molecule has 9 heavy (non-hydrogen) atoms. The number of aliphatic hydroxyl groups excluding tert-OH is 1. The molecule has 0 radical (unpaired) electrons. The quantitative estimate of drug-likeness (QED) is 0.579. The van der Waals surface area contributed by atoms with Crippen LogP contribution in [0.4, 0.5) is 0 Å². The van der Waals surface area contributed by atoms with E-state index in [1.165, 1.54) is 17.3 Å². The Morgan fingerprint density at radius 2 is 2.11 bits per heavy atom. The van der Waals surface area contributed by atoms with Crippen LogP contribution in [0.1, 0.15) is 26.2 Å². The Morgan fingerprint density at radius 3 is 2.56 bits per heavy atom. The van der Waals surface area contributed by atoms with Crippen molar-refractivity contribution in [3.63, 3.8) is 0 Å². The second-order valence-corrected chi connectivity index (χ2v) is 3.53. The van der Waals surface area contributed by atoms with Crippen LogP contribution in [0.15, 0.2) is 0 Å². The number of hydrogen-bond donors (Lipinski definition) is 1. The number of alkyl halides is 1. The maximum atomic E-state index is 8.48. The summed E-state index contributed by atoms with van der Waals surface area (Å²) in [5, 5.41) is 8.48. The smallest absolute Gasteiger partial charge is 0.0431 e. The molecule has 0 amide bonds. The van der Waals surface area contributed by atoms with Crippen LogP contribution in [0.5, 0.6) is 0 Å². The monoisotopic (exact) mass is 242 g/mol. The molecule has 0 aromatic heterocycles. The van der Waals surface area contributed by atoms with Crippen LogP contribution in [-0.2, 0) is 0 Å². The Hall–Kier alpha value is 0.690. The second kappa shape index (κ2) is 6.81. The van der Waals surface area contributed by atoms with Gasteiger partial charge in [0.2, 0.25) is 0 Å². The van der Waals surface area contributed by atoms with Crippen molar-refractivity contribution in [2.45, 2.75) is 26.2 Å². The first kappa shape index (κ1) is 9.69. The highest BCUT2D eigenvalue weighted by Gasteiger charge is 1.98. The zero-order valence-electron chi connectivity index (χ0n) is 5.94. The van der Waals surface area contributed by atoms with Crippen molar-refractivity contribution >= 4 is 22.6 Å². The average Bonchev–Trinajstić information content (AvgIpc) is 1.85. The maximum Gasteiger partial charge on any atom is 0.0431 e. The van der Waals surface area contributed by atoms with Gasteiger partial charge in [-0.2, -0.15) is 0 Å². The molecule has 1 N–H and O–H groups in total. The van der Waals surface area contributed by atoms with E-state index in [1.54, 1.807) is 0 Å². The standard InChI is InChI=1S/C7H15IO/c1-7(4-5-8)3-2-6-9/h7,9H,2-6H2,1H3/t7-/m1/s1. The Morgan fingerprint density at radius 1 is 1.44 bits per heavy atom. The van der Waals surface area contributed by atoms with Crippen LogP contribution in [0, 0.1) is 5.92 Å². The third-order valence-electron chi connectivity index (χ3n) is 1.46. The van der Waals surface area contributed by atoms with E-state index in [4.69, 9.17) is 5.11 Å². The lowest BCUT2D eigenvalue weighted by molar-refractivity contribution is 0.273. The van der Waals surface area contributed by atoms with Crippen LogP contribution in [0.2, 0.25) is 0 Å². The Labute approximate surface area is 71.0 Å². The fourth-order valence-corrected chi connectivity index (χ4v) is 1.83. The first-order valence-electron chi connectivity index (χ1n) is 3.48. The summed E-state index contributed by atoms with van der Waals surface area (Å²) < 4.78 is 1.24. The normalized spacial score (nSPS) is 13.7. The number of rotatable bonds is 5. The lowest BCUT2D eigenvalue weighted by atomic mass is 10.0. The van der Waals surface area contributed by atoms with Gasteiger partial charge in [-0.25, -0.2) is 0 Å². The Balaban J connectivity index is 2.95. The largest absolute Gasteiger partial charge is 0.396 e. The molecule has 2 heteroatoms. The third-order valence-corrected chi connectivity index (χ3v) is 2.08. The van der Waals surface area contributed by atoms with Crippen molar-refractivity contribution < 1.29 is 5.11 Å². The highest BCUT2D eigenvalue weighted by atomic mass is 127. The van der Waals surface area contributed by atoms with Crippen molar-refractivity contribution in [2.75, 3.05) is 11.0 Å². The van der Waals surface area contributed by atoms with Crippen molar-refractivity contribution in [2.24, 2.45) is 5.92 Å². The molecule has 0 fully saturated rings. The highest BCUT2D eigenvalue weighted by Crippen LogP contribution is 2.10. The molecule has 0 aliphatic heterocycles. The molecule has 0 aliphatic rings. The minimum atomic E-state index is 0.353. The van der Waals surface area contributed by atoms with E-state index in [0.29, 0.717) is 6.61 Å². The average molecular weight is 242 g/mol. The summed E-state index contributed by atoms with van der Waals surface area (Å²) in [6.07, 6.45) is 3.44. The van der Waals surface area contributed by atoms with Gasteiger partial charge in [-0.3, -0.25) is 0 Å². The van der Waals surface area contributed by atoms with Gasteiger partial charge in [-0.1, -0.05) is 29.5 Å². The SMILES string of the molecule is C[C@@H](CCI)CCCO. The molecular formula is C7H15IO. The molecule has 0 aromatic rings. The molecular weight excluding hydrogens is 227 g/mol. The molecule has 1 nitrogen and oxygen atoms in total. The molecule has 0 rings (SSSR count). The van der Waals surface area contributed by atoms with Gasteiger partial charge in [0.25, 0.3) is 0 Å². The minimum absolute atomic E-state index is 0.353. The minimum Gasteiger partial charge on any atom is -0.396 e. The molecule has 0 unspecified atom stereocenters. The molecule has 0 saturated carbocycles. The van der Waals surface area contributed by atoms with Crippen LogP contribution in [-0.4, -0.2) is 16.1 Å². The summed E-state index contributed by atoms with van der Waals surface area (Å²) in [5.74, 6) is 0.800. The zero-order valence-corrected chi connectivity index (χ0v) is 8.10. The highest BCUT2D eigenvalue weighted by molar-refractivity contribution is 14.1. The first-order valence-corrected chi connectivity index (χ1v) is 5.00. The fraction of sp³-hybridized carbons (Fsp3) is 1.00. The van der Waals surface area contributed by atoms with Crippen molar-refractivity contribution in [3.8, 4) is 0 Å². The van der Waals surface area contributed by atoms with Crippen molar-refractivity contribution in [3.05, 3.63) is 0 Å². The summed E-state index contributed by atoms with van der Waals surface area (Å²) >= 11 is 2.39. The van der Waals surface area contributed by atoms with E-state index in [1.807, 2.05) is 0 Å². The molecule has 1 atom stereocenters. The number of aliphatic hydroxyl groups is 1. The van der Waals surface area contributed by atoms with Gasteiger partial charge < -0.3 is 5.11 Å². The molecule has 0 aliphatic carbocycles. The van der Waals surface area contributed by atoms with E-state index in [0.717, 1.165) is 12.3 Å². The molecule has 0 spiro atoms. The van der Waals surface area contributed by atoms with Crippen LogP contribution in [0.25, 0.3) is 0 Å². The molecule has 0 bridgehead atoms. The van der Waals surface area contributed by atoms with Crippen LogP contribution >= 0.6 is 22.6 Å². The summed E-state index contributed by atoms with van der Waals surface area (Å²) in [5.41, 5.74) is 0. The van der Waals surface area contributed by atoms with Crippen molar-refractivity contribution in [1.29, 1.82) is 0 Å². The lowest BCUT2D eigenvalue weighted by Gasteiger charge is -2.06. The van der Waals surface area contributed by atoms with Gasteiger partial charge in [0.1, 0.15) is 0 Å². The van der Waals surface area contributed by atoms with Gasteiger partial charge in [0.05, 0.1) is 0 Å². The third kappa shape index (κ3) is 6.58. The van der Waals surface area contributed by atoms with Crippen molar-refractivity contribution in [1.82, 2.24) is 0 Å². The molecule has 0 heterocycles. The summed E-state index contributed by atoms with van der Waals surface area (Å²) in [6.45, 7) is 2.60. The lowest BCUT2D eigenvalue weighted by Crippen LogP contribution is -1.96. The van der Waals surface area contributed by atoms with E-state index >= 15 is 0 Å². The molecule has 0 saturated heterocycles. The summed E-state index contributed by atoms with van der Waals surface area (Å²) in [4.78, 5) is 0. The van der Waals surface area contributed by atoms with Crippen LogP contribution < -0.4 is 0 Å². The Bertz CT molecular complexity index is 56.9. The van der Waals surface area contributed by atoms with Gasteiger partial charge in [0.15, 0.2) is 0 Å². The predicted molar refractivity (Wildman–Crippen MR) is 49.0 cm³/mol. The number of hydrogen-bond acceptors (Lipinski definition) is 1. The number of halogens is 1. The molecule has 0 aromatic carbocycles. The Kier molecular flexibility index (Phi) is 7.33. The predicted octanol–water partition coefficient (Wildman–Crippen LogP) is 2.22. The maximum absolute atomic E-state index is 8.48. The van der Waals surface area contributed by atoms with E-state index in [-0.39, 0.29) is 0 Å². The second-order valence-electron chi connectivity index (χ2n) is 2.45. The first-order chi connectivity index (χ1) is 4.31. The van der Waals surface area contributed by atoms with Gasteiger partial charge in [-0.05, 0) is 29.6 Å². The fourth-order valence-electron chi connectivity index (χ4n) is 0.770. The summed E-state index contributed by atoms with van der Waals surface area (Å²) in [7, 11) is 0. The van der Waals surface area contributed by atoms with Gasteiger partial charge in [0, 0.05) is 6.61 Å². The van der Waals surface area contributed by atoms with Gasteiger partial charge >= 0.3 is 0 Å².